The number of esters is 4. The van der Waals surface area contributed by atoms with Gasteiger partial charge in [-0.25, -0.2) is 4.57 Å². The van der Waals surface area contributed by atoms with Crippen LogP contribution in [0.4, 0.5) is 0 Å². The van der Waals surface area contributed by atoms with E-state index < -0.39 is 162 Å². The molecule has 0 spiro atoms. The third kappa shape index (κ3) is 51.9. The molecule has 2 saturated heterocycles. The molecule has 3 fully saturated rings. The number of phosphoric ester groups is 1. The average molecular weight is 1740 g/mol. The molecular formula is C94H175O25P. The van der Waals surface area contributed by atoms with Gasteiger partial charge < -0.3 is 88.7 Å². The summed E-state index contributed by atoms with van der Waals surface area (Å²) >= 11 is 0. The molecular weight excluding hydrogens is 1560 g/mol. The van der Waals surface area contributed by atoms with E-state index in [2.05, 4.69) is 46.8 Å². The Kier molecular flexibility index (Phi) is 67.0. The molecule has 0 amide bonds. The number of unbranched alkanes of at least 4 members (excludes halogenated alkanes) is 49. The number of hydrogen-bond donors (Lipinski definition) is 10. The van der Waals surface area contributed by atoms with Crippen LogP contribution >= 0.6 is 7.82 Å². The van der Waals surface area contributed by atoms with Crippen LogP contribution in [0, 0.1) is 5.92 Å². The lowest BCUT2D eigenvalue weighted by Crippen LogP contribution is -2.70. The standard InChI is InChI=1S/C94H175O25P/c1-6-10-14-18-22-25-28-31-33-35-38-40-43-46-53-60-66-78(97)111-72-76-82(101)84(103)88(107)94(115-76)118-91-89(116-80(99)68-62-56-48-45-42-39-36-34-32-29-26-23-19-15-11-7-2)85(104)86(105)90(117-93-87(106)83(102)81(100)75(69-95)114-93)92(91)119-120(108,109)112-71-74(113-79(98)67-61-55-47-44-41-37-30-27-24-20-16-12-8-3)70-110-77(96)65-59-54-50-49-52-58-64-73(5)63-57-51-21-17-13-9-4/h37,41,73-76,81-95,100-107H,6-36,38-40,42-72H2,1-5H3,(H,108,109)/b41-37-. The zero-order chi connectivity index (χ0) is 87.6. The van der Waals surface area contributed by atoms with Crippen molar-refractivity contribution in [2.24, 2.45) is 5.92 Å². The maximum Gasteiger partial charge on any atom is 0.472 e. The van der Waals surface area contributed by atoms with E-state index in [0.29, 0.717) is 44.4 Å². The van der Waals surface area contributed by atoms with Crippen LogP contribution in [0.1, 0.15) is 426 Å². The Hall–Kier alpha value is -2.79. The van der Waals surface area contributed by atoms with Crippen molar-refractivity contribution in [3.63, 3.8) is 0 Å². The monoisotopic (exact) mass is 1740 g/mol. The predicted molar refractivity (Wildman–Crippen MR) is 467 cm³/mol. The number of carbonyl (C=O) groups excluding carboxylic acids is 4. The molecule has 0 aromatic heterocycles. The molecule has 25 nitrogen and oxygen atoms in total. The summed E-state index contributed by atoms with van der Waals surface area (Å²) < 4.78 is 73.6. The summed E-state index contributed by atoms with van der Waals surface area (Å²) in [6.07, 6.45) is 30.5. The number of allylic oxidation sites excluding steroid dienone is 2. The molecule has 2 aliphatic heterocycles. The molecule has 0 aromatic carbocycles. The van der Waals surface area contributed by atoms with Crippen molar-refractivity contribution in [3.05, 3.63) is 12.2 Å². The summed E-state index contributed by atoms with van der Waals surface area (Å²) in [5.74, 6) is -2.28. The quantitative estimate of drug-likeness (QED) is 0.00889. The van der Waals surface area contributed by atoms with Crippen molar-refractivity contribution in [1.29, 1.82) is 0 Å². The summed E-state index contributed by atoms with van der Waals surface area (Å²) in [7, 11) is -5.81. The first-order valence-corrected chi connectivity index (χ1v) is 50.3. The number of rotatable bonds is 79. The van der Waals surface area contributed by atoms with Gasteiger partial charge in [0, 0.05) is 25.7 Å². The van der Waals surface area contributed by atoms with Crippen molar-refractivity contribution in [3.8, 4) is 0 Å². The highest BCUT2D eigenvalue weighted by molar-refractivity contribution is 7.47. The molecule has 10 N–H and O–H groups in total. The van der Waals surface area contributed by atoms with E-state index in [1.807, 2.05) is 0 Å². The van der Waals surface area contributed by atoms with E-state index in [-0.39, 0.29) is 25.7 Å². The maximum absolute atomic E-state index is 14.9. The molecule has 19 atom stereocenters. The predicted octanol–water partition coefficient (Wildman–Crippen LogP) is 18.6. The second kappa shape index (κ2) is 72.2. The first-order valence-electron chi connectivity index (χ1n) is 48.8. The first-order chi connectivity index (χ1) is 58.1. The highest BCUT2D eigenvalue weighted by Gasteiger charge is 2.60. The average Bonchev–Trinajstić information content (AvgIpc) is 0.753. The zero-order valence-electron chi connectivity index (χ0n) is 75.6. The summed E-state index contributed by atoms with van der Waals surface area (Å²) in [5.41, 5.74) is 0. The minimum Gasteiger partial charge on any atom is -0.463 e. The summed E-state index contributed by atoms with van der Waals surface area (Å²) in [4.78, 5) is 66.6. The van der Waals surface area contributed by atoms with Gasteiger partial charge in [0.05, 0.1) is 13.2 Å². The van der Waals surface area contributed by atoms with E-state index in [1.54, 1.807) is 0 Å². The Morgan fingerprint density at radius 1 is 0.350 bits per heavy atom. The lowest BCUT2D eigenvalue weighted by molar-refractivity contribution is -0.360. The fourth-order valence-corrected chi connectivity index (χ4v) is 17.3. The van der Waals surface area contributed by atoms with Gasteiger partial charge in [0.2, 0.25) is 0 Å². The third-order valence-corrected chi connectivity index (χ3v) is 25.2. The topological polar surface area (TPSA) is 380 Å². The number of phosphoric acid groups is 1. The van der Waals surface area contributed by atoms with Gasteiger partial charge in [-0.3, -0.25) is 28.2 Å². The van der Waals surface area contributed by atoms with E-state index in [9.17, 15) is 74.6 Å². The van der Waals surface area contributed by atoms with Crippen molar-refractivity contribution in [2.75, 3.05) is 26.4 Å². The molecule has 0 radical (unpaired) electrons. The molecule has 0 aromatic rings. The molecule has 1 aliphatic carbocycles. The van der Waals surface area contributed by atoms with E-state index in [1.165, 1.54) is 205 Å². The zero-order valence-corrected chi connectivity index (χ0v) is 76.4. The Balaban J connectivity index is 1.91. The minimum atomic E-state index is -5.81. The molecule has 0 bridgehead atoms. The molecule has 1 saturated carbocycles. The number of carbonyl (C=O) groups is 4. The Morgan fingerprint density at radius 3 is 1.08 bits per heavy atom. The van der Waals surface area contributed by atoms with Crippen LogP contribution in [-0.4, -0.2) is 205 Å². The fraction of sp³-hybridized carbons (Fsp3) is 0.936. The van der Waals surface area contributed by atoms with Crippen LogP contribution < -0.4 is 0 Å². The van der Waals surface area contributed by atoms with Crippen molar-refractivity contribution in [2.45, 2.75) is 530 Å². The van der Waals surface area contributed by atoms with Crippen LogP contribution in [-0.2, 0) is 70.7 Å². The number of aliphatic hydroxyl groups excluding tert-OH is 9. The van der Waals surface area contributed by atoms with E-state index in [0.717, 1.165) is 122 Å². The summed E-state index contributed by atoms with van der Waals surface area (Å²) in [6.45, 7) is 7.95. The summed E-state index contributed by atoms with van der Waals surface area (Å²) in [6, 6.07) is 0. The second-order valence-electron chi connectivity index (χ2n) is 35.2. The molecule has 19 unspecified atom stereocenters. The summed E-state index contributed by atoms with van der Waals surface area (Å²) in [5, 5.41) is 102. The Morgan fingerprint density at radius 2 is 0.675 bits per heavy atom. The van der Waals surface area contributed by atoms with Crippen LogP contribution in [0.15, 0.2) is 12.2 Å². The smallest absolute Gasteiger partial charge is 0.463 e. The van der Waals surface area contributed by atoms with Crippen LogP contribution in [0.2, 0.25) is 0 Å². The van der Waals surface area contributed by atoms with Crippen molar-refractivity contribution < 1.29 is 122 Å². The van der Waals surface area contributed by atoms with Crippen LogP contribution in [0.25, 0.3) is 0 Å². The Bertz CT molecular complexity index is 2550. The minimum absolute atomic E-state index is 0.0183. The SMILES string of the molecule is CCCCCCCC/C=C\CCCCCC(=O)OC(COC(=O)CCCCCCCCC(C)CCCCCCCC)COP(=O)(O)OC1C(OC2OC(CO)C(O)C(O)C2O)C(O)C(O)C(OC(=O)CCCCCCCCCCCCCCCCCC)C1OC1OC(COC(=O)CCCCCCCCCCCCCCCCCC)C(O)C(O)C1O. The highest BCUT2D eigenvalue weighted by atomic mass is 31.2. The lowest BCUT2D eigenvalue weighted by Gasteiger charge is -2.50. The molecule has 706 valence electrons. The molecule has 120 heavy (non-hydrogen) atoms. The van der Waals surface area contributed by atoms with E-state index >= 15 is 0 Å². The van der Waals surface area contributed by atoms with Gasteiger partial charge in [0.25, 0.3) is 0 Å². The van der Waals surface area contributed by atoms with Gasteiger partial charge in [-0.2, -0.15) is 0 Å². The van der Waals surface area contributed by atoms with Gasteiger partial charge in [-0.05, 0) is 57.3 Å². The highest BCUT2D eigenvalue weighted by Crippen LogP contribution is 2.49. The van der Waals surface area contributed by atoms with Crippen molar-refractivity contribution >= 4 is 31.7 Å². The number of hydrogen-bond acceptors (Lipinski definition) is 24. The van der Waals surface area contributed by atoms with Gasteiger partial charge in [0.1, 0.15) is 92.6 Å². The molecule has 3 rings (SSSR count). The van der Waals surface area contributed by atoms with Gasteiger partial charge in [-0.15, -0.1) is 0 Å². The van der Waals surface area contributed by atoms with Gasteiger partial charge in [-0.1, -0.05) is 361 Å². The third-order valence-electron chi connectivity index (χ3n) is 24.2. The van der Waals surface area contributed by atoms with Crippen molar-refractivity contribution in [1.82, 2.24) is 0 Å². The van der Waals surface area contributed by atoms with Gasteiger partial charge in [0.15, 0.2) is 24.8 Å². The first kappa shape index (κ1) is 111. The number of ether oxygens (including phenoxy) is 8. The molecule has 2 heterocycles. The lowest BCUT2D eigenvalue weighted by atomic mass is 9.84. The molecule has 3 aliphatic rings. The Labute approximate surface area is 724 Å². The second-order valence-corrected chi connectivity index (χ2v) is 36.6. The van der Waals surface area contributed by atoms with Crippen LogP contribution in [0.3, 0.4) is 0 Å². The number of aliphatic hydroxyl groups is 9. The normalized spacial score (nSPS) is 25.0. The fourth-order valence-electron chi connectivity index (χ4n) is 16.3. The maximum atomic E-state index is 14.9. The van der Waals surface area contributed by atoms with Crippen LogP contribution in [0.5, 0.6) is 0 Å². The molecule has 26 heteroatoms. The largest absolute Gasteiger partial charge is 0.472 e. The van der Waals surface area contributed by atoms with E-state index in [4.69, 9.17) is 46.9 Å². The van der Waals surface area contributed by atoms with Gasteiger partial charge >= 0.3 is 31.7 Å².